The third kappa shape index (κ3) is 2.53. The third-order valence-electron chi connectivity index (χ3n) is 3.70. The molecule has 0 spiro atoms. The zero-order valence-corrected chi connectivity index (χ0v) is 13.0. The lowest BCUT2D eigenvalue weighted by atomic mass is 10.0. The van der Waals surface area contributed by atoms with E-state index in [1.54, 1.807) is 4.68 Å². The van der Waals surface area contributed by atoms with E-state index in [1.165, 1.54) is 0 Å². The summed E-state index contributed by atoms with van der Waals surface area (Å²) >= 11 is 0. The van der Waals surface area contributed by atoms with Crippen molar-refractivity contribution >= 4 is 16.9 Å². The Morgan fingerprint density at radius 2 is 1.95 bits per heavy atom. The van der Waals surface area contributed by atoms with Crippen molar-refractivity contribution in [2.24, 2.45) is 13.0 Å². The highest BCUT2D eigenvalue weighted by Crippen LogP contribution is 2.21. The Morgan fingerprint density at radius 3 is 2.55 bits per heavy atom. The van der Waals surface area contributed by atoms with Gasteiger partial charge in [-0.15, -0.1) is 0 Å². The monoisotopic (exact) mass is 274 g/mol. The summed E-state index contributed by atoms with van der Waals surface area (Å²) in [6.07, 6.45) is 0. The molecule has 1 N–H and O–H groups in total. The smallest absolute Gasteiger partial charge is 0.252 e. The Kier molecular flexibility index (Phi) is 3.79. The molecule has 0 aromatic carbocycles. The van der Waals surface area contributed by atoms with Gasteiger partial charge in [0.05, 0.1) is 16.6 Å². The van der Waals surface area contributed by atoms with Gasteiger partial charge >= 0.3 is 0 Å². The van der Waals surface area contributed by atoms with Crippen molar-refractivity contribution < 1.29 is 4.79 Å². The van der Waals surface area contributed by atoms with E-state index in [2.05, 4.69) is 29.2 Å². The van der Waals surface area contributed by atoms with Crippen LogP contribution in [0.5, 0.6) is 0 Å². The van der Waals surface area contributed by atoms with Crippen LogP contribution in [0, 0.1) is 19.8 Å². The van der Waals surface area contributed by atoms with Crippen molar-refractivity contribution in [3.05, 3.63) is 23.0 Å². The van der Waals surface area contributed by atoms with Gasteiger partial charge in [-0.05, 0) is 32.8 Å². The van der Waals surface area contributed by atoms with Crippen LogP contribution in [0.4, 0.5) is 0 Å². The summed E-state index contributed by atoms with van der Waals surface area (Å²) in [5.74, 6) is 0.338. The molecular weight excluding hydrogens is 252 g/mol. The molecule has 2 aromatic rings. The van der Waals surface area contributed by atoms with Crippen LogP contribution in [0.25, 0.3) is 11.0 Å². The Morgan fingerprint density at radius 1 is 1.30 bits per heavy atom. The van der Waals surface area contributed by atoms with Crippen molar-refractivity contribution in [3.63, 3.8) is 0 Å². The van der Waals surface area contributed by atoms with Crippen molar-refractivity contribution in [1.29, 1.82) is 0 Å². The molecule has 0 bridgehead atoms. The molecule has 0 fully saturated rings. The summed E-state index contributed by atoms with van der Waals surface area (Å²) in [5, 5.41) is 8.25. The largest absolute Gasteiger partial charge is 0.349 e. The molecule has 2 rings (SSSR count). The van der Waals surface area contributed by atoms with Gasteiger partial charge in [0.25, 0.3) is 5.91 Å². The molecule has 108 valence electrons. The van der Waals surface area contributed by atoms with Crippen LogP contribution in [0.3, 0.4) is 0 Å². The number of carbonyl (C=O) groups is 1. The molecule has 1 atom stereocenters. The number of carbonyl (C=O) groups excluding carboxylic acids is 1. The highest BCUT2D eigenvalue weighted by Gasteiger charge is 2.19. The van der Waals surface area contributed by atoms with Crippen LogP contribution in [0.15, 0.2) is 6.07 Å². The predicted molar refractivity (Wildman–Crippen MR) is 79.7 cm³/mol. The van der Waals surface area contributed by atoms with E-state index >= 15 is 0 Å². The van der Waals surface area contributed by atoms with E-state index in [-0.39, 0.29) is 11.9 Å². The molecule has 2 heterocycles. The number of fused-ring (bicyclic) bond motifs is 1. The maximum atomic E-state index is 12.5. The summed E-state index contributed by atoms with van der Waals surface area (Å²) in [4.78, 5) is 17.0. The Bertz CT molecular complexity index is 657. The van der Waals surface area contributed by atoms with Crippen LogP contribution in [-0.2, 0) is 7.05 Å². The molecule has 0 saturated carbocycles. The third-order valence-corrected chi connectivity index (χ3v) is 3.70. The number of amides is 1. The van der Waals surface area contributed by atoms with Crippen LogP contribution < -0.4 is 5.32 Å². The number of nitrogens with one attached hydrogen (secondary N) is 1. The van der Waals surface area contributed by atoms with E-state index in [0.717, 1.165) is 22.4 Å². The number of pyridine rings is 1. The first kappa shape index (κ1) is 14.5. The Labute approximate surface area is 119 Å². The molecular formula is C15H22N4O. The van der Waals surface area contributed by atoms with Gasteiger partial charge in [-0.2, -0.15) is 5.10 Å². The lowest BCUT2D eigenvalue weighted by Gasteiger charge is -2.18. The molecule has 2 aromatic heterocycles. The van der Waals surface area contributed by atoms with Gasteiger partial charge in [0.2, 0.25) is 0 Å². The van der Waals surface area contributed by atoms with Gasteiger partial charge in [-0.25, -0.2) is 4.98 Å². The van der Waals surface area contributed by atoms with E-state index in [1.807, 2.05) is 33.9 Å². The van der Waals surface area contributed by atoms with Crippen LogP contribution >= 0.6 is 0 Å². The second-order valence-electron chi connectivity index (χ2n) is 5.72. The molecule has 0 saturated heterocycles. The first-order valence-electron chi connectivity index (χ1n) is 6.93. The number of nitrogens with zero attached hydrogens (tertiary/aromatic N) is 3. The molecule has 20 heavy (non-hydrogen) atoms. The standard InChI is InChI=1S/C15H22N4O/c1-8(2)10(4)17-15(20)12-7-9(3)16-14-13(12)11(5)18-19(14)6/h7-8,10H,1-6H3,(H,17,20). The Balaban J connectivity index is 2.51. The highest BCUT2D eigenvalue weighted by molar-refractivity contribution is 6.06. The molecule has 5 heteroatoms. The van der Waals surface area contributed by atoms with Gasteiger partial charge in [-0.3, -0.25) is 9.48 Å². The SMILES string of the molecule is Cc1cc(C(=O)NC(C)C(C)C)c2c(C)nn(C)c2n1. The van der Waals surface area contributed by atoms with Gasteiger partial charge < -0.3 is 5.32 Å². The van der Waals surface area contributed by atoms with Gasteiger partial charge in [-0.1, -0.05) is 13.8 Å². The summed E-state index contributed by atoms with van der Waals surface area (Å²) in [5.41, 5.74) is 3.07. The summed E-state index contributed by atoms with van der Waals surface area (Å²) < 4.78 is 1.72. The predicted octanol–water partition coefficient (Wildman–Crippen LogP) is 2.36. The number of aromatic nitrogens is 3. The van der Waals surface area contributed by atoms with Crippen molar-refractivity contribution in [3.8, 4) is 0 Å². The summed E-state index contributed by atoms with van der Waals surface area (Å²) in [6.45, 7) is 10.00. The molecule has 1 amide bonds. The van der Waals surface area contributed by atoms with E-state index < -0.39 is 0 Å². The second-order valence-corrected chi connectivity index (χ2v) is 5.72. The van der Waals surface area contributed by atoms with Crippen molar-refractivity contribution in [2.45, 2.75) is 40.7 Å². The molecule has 0 aliphatic rings. The van der Waals surface area contributed by atoms with E-state index in [4.69, 9.17) is 0 Å². The minimum Gasteiger partial charge on any atom is -0.349 e. The quantitative estimate of drug-likeness (QED) is 0.934. The fourth-order valence-corrected chi connectivity index (χ4v) is 2.20. The molecule has 5 nitrogen and oxygen atoms in total. The zero-order valence-electron chi connectivity index (χ0n) is 13.0. The molecule has 0 aliphatic heterocycles. The number of hydrogen-bond acceptors (Lipinski definition) is 3. The average molecular weight is 274 g/mol. The first-order valence-corrected chi connectivity index (χ1v) is 6.93. The van der Waals surface area contributed by atoms with E-state index in [9.17, 15) is 4.79 Å². The van der Waals surface area contributed by atoms with Crippen molar-refractivity contribution in [2.75, 3.05) is 0 Å². The molecule has 0 radical (unpaired) electrons. The fourth-order valence-electron chi connectivity index (χ4n) is 2.20. The van der Waals surface area contributed by atoms with Gasteiger partial charge in [0.15, 0.2) is 5.65 Å². The highest BCUT2D eigenvalue weighted by atomic mass is 16.1. The maximum absolute atomic E-state index is 12.5. The van der Waals surface area contributed by atoms with Gasteiger partial charge in [0.1, 0.15) is 0 Å². The van der Waals surface area contributed by atoms with Crippen LogP contribution in [-0.4, -0.2) is 26.7 Å². The topological polar surface area (TPSA) is 59.8 Å². The normalized spacial score (nSPS) is 12.9. The lowest BCUT2D eigenvalue weighted by molar-refractivity contribution is 0.0932. The number of aryl methyl sites for hydroxylation is 3. The fraction of sp³-hybridized carbons (Fsp3) is 0.533. The lowest BCUT2D eigenvalue weighted by Crippen LogP contribution is -2.36. The second kappa shape index (κ2) is 5.23. The maximum Gasteiger partial charge on any atom is 0.252 e. The van der Waals surface area contributed by atoms with Crippen LogP contribution in [0.1, 0.15) is 42.5 Å². The average Bonchev–Trinajstić information content (AvgIpc) is 2.63. The van der Waals surface area contributed by atoms with Gasteiger partial charge in [0, 0.05) is 18.8 Å². The summed E-state index contributed by atoms with van der Waals surface area (Å²) in [7, 11) is 1.85. The first-order chi connectivity index (χ1) is 9.31. The molecule has 0 aliphatic carbocycles. The Hall–Kier alpha value is -1.91. The zero-order chi connectivity index (χ0) is 15.0. The minimum absolute atomic E-state index is 0.0576. The number of hydrogen-bond donors (Lipinski definition) is 1. The van der Waals surface area contributed by atoms with E-state index in [0.29, 0.717) is 11.5 Å². The minimum atomic E-state index is -0.0576. The van der Waals surface area contributed by atoms with Crippen molar-refractivity contribution in [1.82, 2.24) is 20.1 Å². The summed E-state index contributed by atoms with van der Waals surface area (Å²) in [6, 6.07) is 1.96. The van der Waals surface area contributed by atoms with Crippen LogP contribution in [0.2, 0.25) is 0 Å². The number of rotatable bonds is 3. The molecule has 1 unspecified atom stereocenters.